The molecule has 0 amide bonds. The van der Waals surface area contributed by atoms with Crippen molar-refractivity contribution < 1.29 is 13.2 Å². The summed E-state index contributed by atoms with van der Waals surface area (Å²) in [7, 11) is 0. The van der Waals surface area contributed by atoms with Crippen molar-refractivity contribution in [2.45, 2.75) is 13.1 Å². The van der Waals surface area contributed by atoms with Gasteiger partial charge in [0.1, 0.15) is 12.7 Å². The van der Waals surface area contributed by atoms with E-state index in [1.807, 2.05) is 0 Å². The number of pyridine rings is 1. The third-order valence-corrected chi connectivity index (χ3v) is 1.49. The van der Waals surface area contributed by atoms with Gasteiger partial charge in [0.25, 0.3) is 6.43 Å². The molecule has 1 aromatic heterocycles. The Morgan fingerprint density at radius 1 is 1.54 bits per heavy atom. The van der Waals surface area contributed by atoms with Crippen LogP contribution in [0.3, 0.4) is 0 Å². The lowest BCUT2D eigenvalue weighted by Crippen LogP contribution is -1.97. The van der Waals surface area contributed by atoms with Crippen LogP contribution < -0.4 is 0 Å². The Morgan fingerprint density at radius 2 is 2.23 bits per heavy atom. The molecule has 2 nitrogen and oxygen atoms in total. The Balaban J connectivity index is 3.20. The molecule has 0 spiro atoms. The second-order valence-corrected chi connectivity index (χ2v) is 2.31. The van der Waals surface area contributed by atoms with Crippen LogP contribution in [-0.2, 0) is 6.67 Å². The van der Waals surface area contributed by atoms with Crippen LogP contribution in [0.25, 0.3) is 0 Å². The van der Waals surface area contributed by atoms with E-state index in [-0.39, 0.29) is 11.3 Å². The fourth-order valence-electron chi connectivity index (χ4n) is 0.872. The molecule has 0 fully saturated rings. The average molecular weight is 186 g/mol. The van der Waals surface area contributed by atoms with Crippen LogP contribution in [0.1, 0.15) is 23.2 Å². The van der Waals surface area contributed by atoms with Crippen molar-refractivity contribution in [2.75, 3.05) is 0 Å². The first-order valence-electron chi connectivity index (χ1n) is 3.42. The summed E-state index contributed by atoms with van der Waals surface area (Å²) in [6, 6.07) is 2.61. The minimum Gasteiger partial charge on any atom is -0.257 e. The van der Waals surface area contributed by atoms with E-state index < -0.39 is 18.7 Å². The zero-order chi connectivity index (χ0) is 9.84. The number of nitriles is 1. The Labute approximate surface area is 72.6 Å². The monoisotopic (exact) mass is 186 g/mol. The third kappa shape index (κ3) is 1.96. The van der Waals surface area contributed by atoms with Gasteiger partial charge in [0.05, 0.1) is 11.3 Å². The fraction of sp³-hybridized carbons (Fsp3) is 0.250. The molecule has 0 aliphatic carbocycles. The van der Waals surface area contributed by atoms with E-state index in [4.69, 9.17) is 5.26 Å². The molecule has 13 heavy (non-hydrogen) atoms. The van der Waals surface area contributed by atoms with Gasteiger partial charge in [-0.05, 0) is 6.07 Å². The number of aromatic nitrogens is 1. The van der Waals surface area contributed by atoms with Gasteiger partial charge in [-0.1, -0.05) is 0 Å². The summed E-state index contributed by atoms with van der Waals surface area (Å²) < 4.78 is 36.5. The largest absolute Gasteiger partial charge is 0.265 e. The van der Waals surface area contributed by atoms with Crippen LogP contribution in [0.2, 0.25) is 0 Å². The van der Waals surface area contributed by atoms with E-state index in [0.717, 1.165) is 12.3 Å². The summed E-state index contributed by atoms with van der Waals surface area (Å²) in [6.07, 6.45) is -1.73. The van der Waals surface area contributed by atoms with E-state index in [9.17, 15) is 13.2 Å². The van der Waals surface area contributed by atoms with Crippen molar-refractivity contribution in [3.05, 3.63) is 29.1 Å². The molecule has 0 saturated carbocycles. The van der Waals surface area contributed by atoms with Crippen LogP contribution >= 0.6 is 0 Å². The molecule has 1 heterocycles. The smallest absolute Gasteiger partial charge is 0.257 e. The Hall–Kier alpha value is -1.57. The number of halogens is 3. The number of hydrogen-bond donors (Lipinski definition) is 0. The average Bonchev–Trinajstić information content (AvgIpc) is 2.16. The molecule has 68 valence electrons. The number of alkyl halides is 3. The molecular formula is C8H5F3N2. The summed E-state index contributed by atoms with van der Waals surface area (Å²) in [5.74, 6) is 0. The highest BCUT2D eigenvalue weighted by Crippen LogP contribution is 2.22. The molecule has 0 aromatic carbocycles. The van der Waals surface area contributed by atoms with Gasteiger partial charge in [0.15, 0.2) is 0 Å². The Kier molecular flexibility index (Phi) is 2.85. The Morgan fingerprint density at radius 3 is 2.69 bits per heavy atom. The molecular weight excluding hydrogens is 181 g/mol. The molecule has 0 bridgehead atoms. The zero-order valence-electron chi connectivity index (χ0n) is 6.47. The number of nitrogens with zero attached hydrogens (tertiary/aromatic N) is 2. The van der Waals surface area contributed by atoms with Crippen LogP contribution in [0.4, 0.5) is 13.2 Å². The van der Waals surface area contributed by atoms with Gasteiger partial charge in [-0.3, -0.25) is 4.98 Å². The molecule has 0 atom stereocenters. The zero-order valence-corrected chi connectivity index (χ0v) is 6.47. The van der Waals surface area contributed by atoms with Crippen LogP contribution in [0, 0.1) is 11.3 Å². The lowest BCUT2D eigenvalue weighted by molar-refractivity contribution is 0.148. The lowest BCUT2D eigenvalue weighted by atomic mass is 10.1. The molecule has 0 N–H and O–H groups in total. The first kappa shape index (κ1) is 9.52. The van der Waals surface area contributed by atoms with E-state index in [0.29, 0.717) is 0 Å². The molecule has 0 aliphatic rings. The highest BCUT2D eigenvalue weighted by Gasteiger charge is 2.14. The minimum absolute atomic E-state index is 0.00694. The summed E-state index contributed by atoms with van der Waals surface area (Å²) in [6.45, 7) is -1.05. The highest BCUT2D eigenvalue weighted by atomic mass is 19.3. The van der Waals surface area contributed by atoms with Crippen molar-refractivity contribution in [3.8, 4) is 6.07 Å². The SMILES string of the molecule is N#Cc1cnc(CF)c(C(F)F)c1. The number of hydrogen-bond acceptors (Lipinski definition) is 2. The summed E-state index contributed by atoms with van der Waals surface area (Å²) in [5.41, 5.74) is -0.817. The van der Waals surface area contributed by atoms with Crippen LogP contribution in [-0.4, -0.2) is 4.98 Å². The maximum Gasteiger partial charge on any atom is 0.265 e. The topological polar surface area (TPSA) is 36.7 Å². The van der Waals surface area contributed by atoms with Crippen molar-refractivity contribution in [1.82, 2.24) is 4.98 Å². The number of rotatable bonds is 2. The predicted molar refractivity (Wildman–Crippen MR) is 38.7 cm³/mol. The van der Waals surface area contributed by atoms with Gasteiger partial charge in [0, 0.05) is 11.8 Å². The Bertz CT molecular complexity index is 344. The molecule has 1 rings (SSSR count). The van der Waals surface area contributed by atoms with Crippen molar-refractivity contribution in [1.29, 1.82) is 5.26 Å². The van der Waals surface area contributed by atoms with E-state index in [1.165, 1.54) is 0 Å². The quantitative estimate of drug-likeness (QED) is 0.710. The summed E-state index contributed by atoms with van der Waals surface area (Å²) >= 11 is 0. The molecule has 0 saturated heterocycles. The molecule has 5 heteroatoms. The summed E-state index contributed by atoms with van der Waals surface area (Å²) in [4.78, 5) is 3.41. The second-order valence-electron chi connectivity index (χ2n) is 2.31. The standard InChI is InChI=1S/C8H5F3N2/c9-2-7-6(8(10)11)1-5(3-12)4-13-7/h1,4,8H,2H2. The summed E-state index contributed by atoms with van der Waals surface area (Å²) in [5, 5.41) is 8.38. The van der Waals surface area contributed by atoms with Gasteiger partial charge in [0.2, 0.25) is 0 Å². The van der Waals surface area contributed by atoms with Gasteiger partial charge in [-0.2, -0.15) is 5.26 Å². The van der Waals surface area contributed by atoms with E-state index in [2.05, 4.69) is 4.98 Å². The van der Waals surface area contributed by atoms with E-state index >= 15 is 0 Å². The maximum atomic E-state index is 12.2. The maximum absolute atomic E-state index is 12.2. The van der Waals surface area contributed by atoms with Gasteiger partial charge >= 0.3 is 0 Å². The second kappa shape index (κ2) is 3.90. The van der Waals surface area contributed by atoms with Crippen LogP contribution in [0.5, 0.6) is 0 Å². The highest BCUT2D eigenvalue weighted by molar-refractivity contribution is 5.33. The lowest BCUT2D eigenvalue weighted by Gasteiger charge is -2.03. The van der Waals surface area contributed by atoms with E-state index in [1.54, 1.807) is 6.07 Å². The van der Waals surface area contributed by atoms with Crippen LogP contribution in [0.15, 0.2) is 12.3 Å². The molecule has 0 unspecified atom stereocenters. The first-order valence-corrected chi connectivity index (χ1v) is 3.42. The van der Waals surface area contributed by atoms with Gasteiger partial charge in [-0.25, -0.2) is 13.2 Å². The van der Waals surface area contributed by atoms with Crippen molar-refractivity contribution >= 4 is 0 Å². The first-order chi connectivity index (χ1) is 6.19. The predicted octanol–water partition coefficient (Wildman–Crippen LogP) is 2.36. The molecule has 0 radical (unpaired) electrons. The van der Waals surface area contributed by atoms with Gasteiger partial charge in [-0.15, -0.1) is 0 Å². The van der Waals surface area contributed by atoms with Gasteiger partial charge < -0.3 is 0 Å². The molecule has 1 aromatic rings. The van der Waals surface area contributed by atoms with Crippen molar-refractivity contribution in [3.63, 3.8) is 0 Å². The fourth-order valence-corrected chi connectivity index (χ4v) is 0.872. The normalized spacial score (nSPS) is 10.1. The van der Waals surface area contributed by atoms with Crippen molar-refractivity contribution in [2.24, 2.45) is 0 Å². The third-order valence-electron chi connectivity index (χ3n) is 1.49. The molecule has 0 aliphatic heterocycles. The minimum atomic E-state index is -2.80.